The third-order valence-electron chi connectivity index (χ3n) is 2.19. The van der Waals surface area contributed by atoms with Gasteiger partial charge in [0.1, 0.15) is 0 Å². The Hall–Kier alpha value is -0.300. The summed E-state index contributed by atoms with van der Waals surface area (Å²) < 4.78 is 0.854. The molecule has 0 aliphatic carbocycles. The molecule has 0 N–H and O–H groups in total. The van der Waals surface area contributed by atoms with E-state index in [0.717, 1.165) is 4.48 Å². The van der Waals surface area contributed by atoms with Crippen LogP contribution in [0.1, 0.15) is 20.8 Å². The largest absolute Gasteiger partial charge is 0.298 e. The Morgan fingerprint density at radius 2 is 1.56 bits per heavy atom. The van der Waals surface area contributed by atoms with Gasteiger partial charge in [0.15, 0.2) is 0 Å². The van der Waals surface area contributed by atoms with Crippen molar-refractivity contribution in [2.24, 2.45) is 0 Å². The normalized spacial score (nSPS) is 13.4. The molecule has 0 bridgehead atoms. The van der Waals surface area contributed by atoms with E-state index in [1.165, 1.54) is 0 Å². The van der Waals surface area contributed by atoms with Gasteiger partial charge in [0.2, 0.25) is 0 Å². The molecule has 0 rings (SSSR count). The van der Waals surface area contributed by atoms with Crippen LogP contribution in [0, 0.1) is 0 Å². The summed E-state index contributed by atoms with van der Waals surface area (Å²) in [5, 5.41) is 0. The molecule has 1 nitrogen and oxygen atoms in total. The van der Waals surface area contributed by atoms with Gasteiger partial charge < -0.3 is 0 Å². The van der Waals surface area contributed by atoms with Gasteiger partial charge in [-0.25, -0.2) is 0 Å². The van der Waals surface area contributed by atoms with Gasteiger partial charge in [-0.1, -0.05) is 0 Å². The zero-order chi connectivity index (χ0) is 7.71. The van der Waals surface area contributed by atoms with Crippen molar-refractivity contribution >= 4 is 0 Å². The lowest BCUT2D eigenvalue weighted by molar-refractivity contribution is -0.887. The third kappa shape index (κ3) is 1.83. The molecular formula is C8H18N+. The van der Waals surface area contributed by atoms with Crippen molar-refractivity contribution in [3.8, 4) is 0 Å². The van der Waals surface area contributed by atoms with Crippen LogP contribution in [0.4, 0.5) is 0 Å². The lowest BCUT2D eigenvalue weighted by atomic mass is 10.1. The summed E-state index contributed by atoms with van der Waals surface area (Å²) in [6.07, 6.45) is 1.96. The Morgan fingerprint density at radius 1 is 1.22 bits per heavy atom. The Balaban J connectivity index is 4.32. The predicted molar refractivity (Wildman–Crippen MR) is 42.1 cm³/mol. The summed E-state index contributed by atoms with van der Waals surface area (Å²) in [6.45, 7) is 10.4. The first-order chi connectivity index (χ1) is 3.81. The van der Waals surface area contributed by atoms with Gasteiger partial charge in [0.25, 0.3) is 0 Å². The average Bonchev–Trinajstić information content (AvgIpc) is 1.64. The summed E-state index contributed by atoms with van der Waals surface area (Å²) in [7, 11) is 4.29. The van der Waals surface area contributed by atoms with Crippen LogP contribution in [0.3, 0.4) is 0 Å². The van der Waals surface area contributed by atoms with Crippen molar-refractivity contribution in [1.82, 2.24) is 0 Å². The van der Waals surface area contributed by atoms with Gasteiger partial charge in [-0.05, 0) is 27.4 Å². The van der Waals surface area contributed by atoms with Crippen LogP contribution in [0.2, 0.25) is 0 Å². The van der Waals surface area contributed by atoms with Crippen LogP contribution in [-0.2, 0) is 0 Å². The Kier molecular flexibility index (Phi) is 2.07. The molecule has 0 unspecified atom stereocenters. The van der Waals surface area contributed by atoms with Gasteiger partial charge >= 0.3 is 0 Å². The van der Waals surface area contributed by atoms with Crippen molar-refractivity contribution in [3.05, 3.63) is 12.8 Å². The molecule has 0 saturated carbocycles. The maximum absolute atomic E-state index is 3.77. The second-order valence-electron chi connectivity index (χ2n) is 3.89. The maximum atomic E-state index is 3.77. The van der Waals surface area contributed by atoms with Gasteiger partial charge in [-0.15, -0.1) is 0 Å². The van der Waals surface area contributed by atoms with E-state index >= 15 is 0 Å². The topological polar surface area (TPSA) is 0 Å². The molecule has 0 aliphatic heterocycles. The highest BCUT2D eigenvalue weighted by atomic mass is 15.3. The maximum Gasteiger partial charge on any atom is 0.0944 e. The van der Waals surface area contributed by atoms with E-state index in [-0.39, 0.29) is 5.54 Å². The van der Waals surface area contributed by atoms with Crippen LogP contribution in [0.5, 0.6) is 0 Å². The lowest BCUT2D eigenvalue weighted by Crippen LogP contribution is -2.49. The van der Waals surface area contributed by atoms with Crippen LogP contribution < -0.4 is 0 Å². The predicted octanol–water partition coefficient (Wildman–Crippen LogP) is 2.00. The van der Waals surface area contributed by atoms with E-state index in [4.69, 9.17) is 0 Å². The van der Waals surface area contributed by atoms with Gasteiger partial charge in [-0.3, -0.25) is 4.48 Å². The molecule has 0 radical (unpaired) electrons. The molecule has 0 spiro atoms. The number of hydrogen-bond acceptors (Lipinski definition) is 0. The SMILES string of the molecule is C=C[N+](C)(C)C(C)(C)C. The molecule has 0 amide bonds. The molecule has 1 heteroatoms. The van der Waals surface area contributed by atoms with E-state index in [9.17, 15) is 0 Å². The lowest BCUT2D eigenvalue weighted by Gasteiger charge is -2.38. The van der Waals surface area contributed by atoms with Gasteiger partial charge in [-0.2, -0.15) is 0 Å². The van der Waals surface area contributed by atoms with Crippen LogP contribution in [0.15, 0.2) is 12.8 Å². The monoisotopic (exact) mass is 128 g/mol. The molecule has 0 heterocycles. The van der Waals surface area contributed by atoms with E-state index in [0.29, 0.717) is 0 Å². The fourth-order valence-electron chi connectivity index (χ4n) is 0.274. The summed E-state index contributed by atoms with van der Waals surface area (Å²) in [5.74, 6) is 0. The number of quaternary nitrogens is 1. The smallest absolute Gasteiger partial charge is 0.0944 e. The van der Waals surface area contributed by atoms with Crippen molar-refractivity contribution < 1.29 is 4.48 Å². The molecule has 0 aromatic rings. The fourth-order valence-corrected chi connectivity index (χ4v) is 0.274. The second-order valence-corrected chi connectivity index (χ2v) is 3.89. The molecule has 54 valence electrons. The first-order valence-electron chi connectivity index (χ1n) is 3.28. The van der Waals surface area contributed by atoms with E-state index in [1.807, 2.05) is 6.20 Å². The molecule has 0 aromatic carbocycles. The van der Waals surface area contributed by atoms with Crippen molar-refractivity contribution in [3.63, 3.8) is 0 Å². The Bertz CT molecular complexity index is 106. The molecule has 0 atom stereocenters. The molecule has 0 saturated heterocycles. The first-order valence-corrected chi connectivity index (χ1v) is 3.28. The quantitative estimate of drug-likeness (QED) is 0.474. The second kappa shape index (κ2) is 2.14. The highest BCUT2D eigenvalue weighted by molar-refractivity contribution is 4.66. The average molecular weight is 128 g/mol. The van der Waals surface area contributed by atoms with Gasteiger partial charge in [0.05, 0.1) is 25.8 Å². The van der Waals surface area contributed by atoms with E-state index in [2.05, 4.69) is 41.4 Å². The van der Waals surface area contributed by atoms with Crippen LogP contribution in [0.25, 0.3) is 0 Å². The number of nitrogens with zero attached hydrogens (tertiary/aromatic N) is 1. The zero-order valence-electron chi connectivity index (χ0n) is 7.23. The summed E-state index contributed by atoms with van der Waals surface area (Å²) in [6, 6.07) is 0. The molecule has 0 fully saturated rings. The Labute approximate surface area is 58.6 Å². The highest BCUT2D eigenvalue weighted by Crippen LogP contribution is 2.18. The van der Waals surface area contributed by atoms with Gasteiger partial charge in [0, 0.05) is 0 Å². The number of hydrogen-bond donors (Lipinski definition) is 0. The molecular weight excluding hydrogens is 110 g/mol. The fraction of sp³-hybridized carbons (Fsp3) is 0.750. The van der Waals surface area contributed by atoms with Crippen LogP contribution in [-0.4, -0.2) is 24.1 Å². The van der Waals surface area contributed by atoms with Crippen molar-refractivity contribution in [2.45, 2.75) is 26.3 Å². The minimum atomic E-state index is 0.266. The van der Waals surface area contributed by atoms with E-state index < -0.39 is 0 Å². The molecule has 0 aliphatic rings. The summed E-state index contributed by atoms with van der Waals surface area (Å²) >= 11 is 0. The number of rotatable bonds is 1. The van der Waals surface area contributed by atoms with Crippen molar-refractivity contribution in [2.75, 3.05) is 14.1 Å². The highest BCUT2D eigenvalue weighted by Gasteiger charge is 2.28. The van der Waals surface area contributed by atoms with Crippen LogP contribution >= 0.6 is 0 Å². The zero-order valence-corrected chi connectivity index (χ0v) is 7.23. The third-order valence-corrected chi connectivity index (χ3v) is 2.19. The molecule has 9 heavy (non-hydrogen) atoms. The summed E-state index contributed by atoms with van der Waals surface area (Å²) in [5.41, 5.74) is 0.266. The first kappa shape index (κ1) is 8.70. The van der Waals surface area contributed by atoms with E-state index in [1.54, 1.807) is 0 Å². The minimum Gasteiger partial charge on any atom is -0.298 e. The molecule has 0 aromatic heterocycles. The summed E-state index contributed by atoms with van der Waals surface area (Å²) in [4.78, 5) is 0. The Morgan fingerprint density at radius 3 is 1.56 bits per heavy atom. The standard InChI is InChI=1S/C8H18N/c1-7-9(5,6)8(2,3)4/h7H,1H2,2-6H3/q+1. The minimum absolute atomic E-state index is 0.266. The van der Waals surface area contributed by atoms with Crippen molar-refractivity contribution in [1.29, 1.82) is 0 Å².